The average molecular weight is 574 g/mol. The normalized spacial score (nSPS) is 19.3. The summed E-state index contributed by atoms with van der Waals surface area (Å²) in [5, 5.41) is 6.19. The first-order valence-corrected chi connectivity index (χ1v) is 14.7. The molecule has 9 heteroatoms. The maximum absolute atomic E-state index is 13.4. The van der Waals surface area contributed by atoms with Crippen LogP contribution in [0.3, 0.4) is 0 Å². The Morgan fingerprint density at radius 2 is 1.67 bits per heavy atom. The molecule has 2 unspecified atom stereocenters. The number of piperazine rings is 1. The molecule has 42 heavy (non-hydrogen) atoms. The number of carbonyl (C=O) groups excluding carboxylic acids is 2. The van der Waals surface area contributed by atoms with Crippen LogP contribution in [0.4, 0.5) is 15.8 Å². The average Bonchev–Trinajstić information content (AvgIpc) is 3.00. The molecule has 2 fully saturated rings. The van der Waals surface area contributed by atoms with Gasteiger partial charge in [0.15, 0.2) is 0 Å². The van der Waals surface area contributed by atoms with Gasteiger partial charge in [0, 0.05) is 61.7 Å². The quantitative estimate of drug-likeness (QED) is 0.352. The van der Waals surface area contributed by atoms with E-state index in [9.17, 15) is 14.0 Å². The minimum Gasteiger partial charge on any atom is -0.497 e. The van der Waals surface area contributed by atoms with Crippen LogP contribution in [0.5, 0.6) is 5.75 Å². The molecular formula is C33H40FN5O3. The maximum atomic E-state index is 13.4. The van der Waals surface area contributed by atoms with E-state index < -0.39 is 0 Å². The lowest BCUT2D eigenvalue weighted by atomic mass is 9.91. The van der Waals surface area contributed by atoms with Crippen molar-refractivity contribution in [2.45, 2.75) is 50.7 Å². The SMILES string of the molecule is COc1ccc(CC(=O)Nc2cc(C(=O)NC3CCCCC3N)ccc2CN2CCN(c3ccc(F)cc3)CC2)cc1. The molecule has 4 N–H and O–H groups in total. The summed E-state index contributed by atoms with van der Waals surface area (Å²) in [6.45, 7) is 3.89. The Kier molecular flexibility index (Phi) is 9.71. The number of nitrogens with zero attached hydrogens (tertiary/aromatic N) is 2. The monoisotopic (exact) mass is 573 g/mol. The number of nitrogens with two attached hydrogens (primary N) is 1. The number of ether oxygens (including phenoxy) is 1. The Morgan fingerprint density at radius 1 is 0.952 bits per heavy atom. The van der Waals surface area contributed by atoms with Gasteiger partial charge in [-0.2, -0.15) is 0 Å². The van der Waals surface area contributed by atoms with Gasteiger partial charge in [-0.3, -0.25) is 14.5 Å². The summed E-state index contributed by atoms with van der Waals surface area (Å²) in [5.74, 6) is 0.159. The summed E-state index contributed by atoms with van der Waals surface area (Å²) in [7, 11) is 1.61. The Labute approximate surface area is 247 Å². The zero-order chi connectivity index (χ0) is 29.5. The van der Waals surface area contributed by atoms with Crippen LogP contribution in [0.2, 0.25) is 0 Å². The lowest BCUT2D eigenvalue weighted by Crippen LogP contribution is -2.49. The van der Waals surface area contributed by atoms with Crippen LogP contribution in [0.1, 0.15) is 47.2 Å². The number of rotatable bonds is 9. The van der Waals surface area contributed by atoms with Gasteiger partial charge >= 0.3 is 0 Å². The molecule has 1 aliphatic carbocycles. The Bertz CT molecular complexity index is 1360. The standard InChI is InChI=1S/C33H40FN5O3/c1-42-28-14-6-23(7-15-28)20-32(40)36-31-21-24(33(41)37-30-5-3-2-4-29(30)35)8-9-25(31)22-38-16-18-39(19-17-38)27-12-10-26(34)11-13-27/h6-15,21,29-30H,2-5,16-20,22,35H2,1H3,(H,36,40)(H,37,41). The van der Waals surface area contributed by atoms with Crippen molar-refractivity contribution in [2.24, 2.45) is 5.73 Å². The highest BCUT2D eigenvalue weighted by molar-refractivity contribution is 5.98. The number of anilines is 2. The van der Waals surface area contributed by atoms with Gasteiger partial charge in [-0.25, -0.2) is 4.39 Å². The van der Waals surface area contributed by atoms with Gasteiger partial charge < -0.3 is 26.0 Å². The zero-order valence-corrected chi connectivity index (χ0v) is 24.2. The maximum Gasteiger partial charge on any atom is 0.251 e. The first-order valence-electron chi connectivity index (χ1n) is 14.7. The second kappa shape index (κ2) is 13.8. The van der Waals surface area contributed by atoms with Crippen molar-refractivity contribution in [3.05, 3.63) is 89.2 Å². The fourth-order valence-corrected chi connectivity index (χ4v) is 5.74. The summed E-state index contributed by atoms with van der Waals surface area (Å²) >= 11 is 0. The number of amides is 2. The van der Waals surface area contributed by atoms with Crippen molar-refractivity contribution in [3.8, 4) is 5.75 Å². The van der Waals surface area contributed by atoms with E-state index >= 15 is 0 Å². The number of nitrogens with one attached hydrogen (secondary N) is 2. The number of hydrogen-bond acceptors (Lipinski definition) is 6. The molecule has 2 amide bonds. The van der Waals surface area contributed by atoms with Gasteiger partial charge in [0.05, 0.1) is 13.5 Å². The summed E-state index contributed by atoms with van der Waals surface area (Å²) in [6.07, 6.45) is 4.13. The molecular weight excluding hydrogens is 533 g/mol. The Morgan fingerprint density at radius 3 is 2.36 bits per heavy atom. The summed E-state index contributed by atoms with van der Waals surface area (Å²) in [5.41, 5.74) is 10.2. The van der Waals surface area contributed by atoms with Gasteiger partial charge in [0.1, 0.15) is 11.6 Å². The van der Waals surface area contributed by atoms with Crippen LogP contribution in [-0.4, -0.2) is 62.1 Å². The van der Waals surface area contributed by atoms with Gasteiger partial charge in [0.25, 0.3) is 5.91 Å². The van der Waals surface area contributed by atoms with E-state index in [-0.39, 0.29) is 36.1 Å². The smallest absolute Gasteiger partial charge is 0.251 e. The number of carbonyl (C=O) groups is 2. The molecule has 0 radical (unpaired) electrons. The summed E-state index contributed by atoms with van der Waals surface area (Å²) in [4.78, 5) is 30.9. The van der Waals surface area contributed by atoms with E-state index in [2.05, 4.69) is 20.4 Å². The highest BCUT2D eigenvalue weighted by Gasteiger charge is 2.25. The van der Waals surface area contributed by atoms with Crippen molar-refractivity contribution < 1.29 is 18.7 Å². The molecule has 0 bridgehead atoms. The largest absolute Gasteiger partial charge is 0.497 e. The van der Waals surface area contributed by atoms with E-state index in [0.717, 1.165) is 74.4 Å². The molecule has 0 spiro atoms. The molecule has 8 nitrogen and oxygen atoms in total. The summed E-state index contributed by atoms with van der Waals surface area (Å²) < 4.78 is 18.6. The van der Waals surface area contributed by atoms with Crippen molar-refractivity contribution in [2.75, 3.05) is 43.5 Å². The third-order valence-electron chi connectivity index (χ3n) is 8.26. The first-order chi connectivity index (χ1) is 20.4. The molecule has 3 aromatic carbocycles. The van der Waals surface area contributed by atoms with E-state index in [0.29, 0.717) is 17.8 Å². The van der Waals surface area contributed by atoms with E-state index in [1.54, 1.807) is 13.2 Å². The van der Waals surface area contributed by atoms with E-state index in [1.165, 1.54) is 12.1 Å². The zero-order valence-electron chi connectivity index (χ0n) is 24.2. The van der Waals surface area contributed by atoms with E-state index in [4.69, 9.17) is 10.5 Å². The lowest BCUT2D eigenvalue weighted by molar-refractivity contribution is -0.115. The van der Waals surface area contributed by atoms with Crippen LogP contribution in [0.25, 0.3) is 0 Å². The molecule has 2 aliphatic rings. The molecule has 1 aliphatic heterocycles. The predicted octanol–water partition coefficient (Wildman–Crippen LogP) is 4.34. The highest BCUT2D eigenvalue weighted by atomic mass is 19.1. The van der Waals surface area contributed by atoms with Gasteiger partial charge in [-0.15, -0.1) is 0 Å². The molecule has 5 rings (SSSR count). The van der Waals surface area contributed by atoms with Crippen LogP contribution in [-0.2, 0) is 17.8 Å². The molecule has 222 valence electrons. The molecule has 2 atom stereocenters. The van der Waals surface area contributed by atoms with Gasteiger partial charge in [-0.05, 0) is 72.5 Å². The third-order valence-corrected chi connectivity index (χ3v) is 8.26. The van der Waals surface area contributed by atoms with Gasteiger partial charge in [0.2, 0.25) is 5.91 Å². The second-order valence-electron chi connectivity index (χ2n) is 11.2. The van der Waals surface area contributed by atoms with Gasteiger partial charge in [-0.1, -0.05) is 31.0 Å². The molecule has 1 heterocycles. The molecule has 3 aromatic rings. The highest BCUT2D eigenvalue weighted by Crippen LogP contribution is 2.24. The molecule has 1 saturated heterocycles. The topological polar surface area (TPSA) is 99.9 Å². The van der Waals surface area contributed by atoms with Crippen LogP contribution in [0.15, 0.2) is 66.7 Å². The second-order valence-corrected chi connectivity index (χ2v) is 11.2. The first kappa shape index (κ1) is 29.5. The van der Waals surface area contributed by atoms with Crippen molar-refractivity contribution in [3.63, 3.8) is 0 Å². The minimum atomic E-state index is -0.238. The Hall–Kier alpha value is -3.95. The van der Waals surface area contributed by atoms with Crippen molar-refractivity contribution >= 4 is 23.2 Å². The molecule has 0 aromatic heterocycles. The fourth-order valence-electron chi connectivity index (χ4n) is 5.74. The third kappa shape index (κ3) is 7.66. The lowest BCUT2D eigenvalue weighted by Gasteiger charge is -2.36. The summed E-state index contributed by atoms with van der Waals surface area (Å²) in [6, 6.07) is 19.5. The van der Waals surface area contributed by atoms with Crippen LogP contribution >= 0.6 is 0 Å². The number of halogens is 1. The Balaban J connectivity index is 1.29. The van der Waals surface area contributed by atoms with Crippen LogP contribution < -0.4 is 26.0 Å². The number of benzene rings is 3. The van der Waals surface area contributed by atoms with E-state index in [1.807, 2.05) is 48.5 Å². The predicted molar refractivity (Wildman–Crippen MR) is 163 cm³/mol. The van der Waals surface area contributed by atoms with Crippen LogP contribution in [0, 0.1) is 5.82 Å². The molecule has 1 saturated carbocycles. The van der Waals surface area contributed by atoms with Crippen molar-refractivity contribution in [1.82, 2.24) is 10.2 Å². The minimum absolute atomic E-state index is 0.0424. The number of methoxy groups -OCH3 is 1. The van der Waals surface area contributed by atoms with Crippen molar-refractivity contribution in [1.29, 1.82) is 0 Å². The fraction of sp³-hybridized carbons (Fsp3) is 0.394. The number of hydrogen-bond donors (Lipinski definition) is 3.